The van der Waals surface area contributed by atoms with Crippen molar-refractivity contribution in [3.8, 4) is 0 Å². The number of likely N-dealkylation sites (tertiary alicyclic amines) is 1. The molecule has 2 rings (SSSR count). The largest absolute Gasteiger partial charge is 0.461 e. The molecule has 2 heterocycles. The first-order chi connectivity index (χ1) is 16.1. The van der Waals surface area contributed by atoms with E-state index in [1.807, 2.05) is 5.32 Å². The van der Waals surface area contributed by atoms with Crippen LogP contribution in [0.5, 0.6) is 0 Å². The summed E-state index contributed by atoms with van der Waals surface area (Å²) in [6, 6.07) is -1.54. The summed E-state index contributed by atoms with van der Waals surface area (Å²) in [5, 5.41) is 4.52. The van der Waals surface area contributed by atoms with Crippen molar-refractivity contribution in [2.75, 3.05) is 6.54 Å². The van der Waals surface area contributed by atoms with Crippen molar-refractivity contribution in [1.82, 2.24) is 15.5 Å². The summed E-state index contributed by atoms with van der Waals surface area (Å²) in [5.74, 6) is -12.0. The first-order valence-corrected chi connectivity index (χ1v) is 11.0. The summed E-state index contributed by atoms with van der Waals surface area (Å²) in [6.45, 7) is 5.83. The zero-order valence-corrected chi connectivity index (χ0v) is 19.6. The van der Waals surface area contributed by atoms with Gasteiger partial charge < -0.3 is 20.0 Å². The third-order valence-corrected chi connectivity index (χ3v) is 5.72. The smallest absolute Gasteiger partial charge is 0.459 e. The van der Waals surface area contributed by atoms with Crippen LogP contribution in [-0.2, 0) is 14.4 Å². The average Bonchev–Trinajstić information content (AvgIpc) is 3.45. The molecule has 35 heavy (non-hydrogen) atoms. The van der Waals surface area contributed by atoms with Crippen LogP contribution < -0.4 is 10.6 Å². The number of alkyl halides is 5. The van der Waals surface area contributed by atoms with Crippen LogP contribution in [0, 0.1) is 11.8 Å². The Balaban J connectivity index is 2.20. The van der Waals surface area contributed by atoms with E-state index < -0.39 is 65.6 Å². The normalized spacial score (nSPS) is 18.5. The molecular weight excluding hydrogens is 481 g/mol. The molecule has 1 aromatic heterocycles. The van der Waals surface area contributed by atoms with Gasteiger partial charge in [0, 0.05) is 6.54 Å². The zero-order valence-electron chi connectivity index (χ0n) is 19.6. The highest BCUT2D eigenvalue weighted by atomic mass is 19.4. The molecule has 1 aliphatic heterocycles. The number of halogens is 5. The average molecular weight is 509 g/mol. The number of hydrogen-bond acceptors (Lipinski definition) is 5. The number of Topliss-reactive ketones (excluding diaryl/α,β-unsaturated/α-hetero) is 1. The highest BCUT2D eigenvalue weighted by molar-refractivity contribution is 5.98. The van der Waals surface area contributed by atoms with Crippen LogP contribution in [0.25, 0.3) is 0 Å². The highest BCUT2D eigenvalue weighted by Gasteiger charge is 2.64. The van der Waals surface area contributed by atoms with E-state index in [-0.39, 0.29) is 18.7 Å². The summed E-state index contributed by atoms with van der Waals surface area (Å²) in [5.41, 5.74) is 0. The predicted octanol–water partition coefficient (Wildman–Crippen LogP) is 2.93. The molecule has 1 unspecified atom stereocenters. The maximum Gasteiger partial charge on any atom is 0.461 e. The molecule has 8 nitrogen and oxygen atoms in total. The lowest BCUT2D eigenvalue weighted by molar-refractivity contribution is -0.270. The quantitative estimate of drug-likeness (QED) is 0.498. The zero-order chi connectivity index (χ0) is 26.7. The lowest BCUT2D eigenvalue weighted by Crippen LogP contribution is -2.60. The van der Waals surface area contributed by atoms with Crippen LogP contribution >= 0.6 is 0 Å². The standard InChI is InChI=1S/C22H28F5N3O5/c1-11(2)15(17(31)21(23,24)22(25,26)27)28-18(32)13-7-5-9-30(13)20(34)16(12(3)4)29-19(33)14-8-6-10-35-14/h6,8,10-13,15-16H,5,7,9H2,1-4H3,(H,28,32)(H,29,33)/t13-,15?,16-/m0/s1. The molecule has 0 radical (unpaired) electrons. The summed E-state index contributed by atoms with van der Waals surface area (Å²) in [4.78, 5) is 51.6. The van der Waals surface area contributed by atoms with Gasteiger partial charge in [0.15, 0.2) is 5.76 Å². The van der Waals surface area contributed by atoms with Gasteiger partial charge in [-0.1, -0.05) is 27.7 Å². The molecule has 1 saturated heterocycles. The molecule has 3 amide bonds. The lowest BCUT2D eigenvalue weighted by atomic mass is 9.95. The molecule has 13 heteroatoms. The number of carbonyl (C=O) groups is 4. The van der Waals surface area contributed by atoms with E-state index >= 15 is 0 Å². The van der Waals surface area contributed by atoms with Gasteiger partial charge in [-0.15, -0.1) is 0 Å². The number of nitrogens with one attached hydrogen (secondary N) is 2. The Labute approximate surface area is 198 Å². The fourth-order valence-corrected chi connectivity index (χ4v) is 3.73. The molecule has 0 spiro atoms. The van der Waals surface area contributed by atoms with Crippen LogP contribution in [0.3, 0.4) is 0 Å². The highest BCUT2D eigenvalue weighted by Crippen LogP contribution is 2.37. The van der Waals surface area contributed by atoms with Gasteiger partial charge in [-0.3, -0.25) is 19.2 Å². The van der Waals surface area contributed by atoms with Crippen LogP contribution in [0.15, 0.2) is 22.8 Å². The molecule has 0 aliphatic carbocycles. The molecule has 1 fully saturated rings. The van der Waals surface area contributed by atoms with E-state index in [9.17, 15) is 41.1 Å². The van der Waals surface area contributed by atoms with Crippen molar-refractivity contribution < 1.29 is 45.5 Å². The molecule has 0 bridgehead atoms. The number of carbonyl (C=O) groups excluding carboxylic acids is 4. The minimum Gasteiger partial charge on any atom is -0.459 e. The van der Waals surface area contributed by atoms with Gasteiger partial charge in [0.1, 0.15) is 12.1 Å². The second-order valence-corrected chi connectivity index (χ2v) is 9.03. The molecule has 1 aliphatic rings. The number of rotatable bonds is 9. The third-order valence-electron chi connectivity index (χ3n) is 5.72. The van der Waals surface area contributed by atoms with Gasteiger partial charge in [-0.05, 0) is 36.8 Å². The molecule has 0 aromatic carbocycles. The van der Waals surface area contributed by atoms with Gasteiger partial charge in [-0.2, -0.15) is 22.0 Å². The van der Waals surface area contributed by atoms with Crippen molar-refractivity contribution in [3.63, 3.8) is 0 Å². The molecular formula is C22H28F5N3O5. The minimum absolute atomic E-state index is 0.0388. The van der Waals surface area contributed by atoms with E-state index in [4.69, 9.17) is 4.42 Å². The van der Waals surface area contributed by atoms with E-state index in [2.05, 4.69) is 5.32 Å². The van der Waals surface area contributed by atoms with Gasteiger partial charge in [0.05, 0.1) is 12.3 Å². The molecule has 3 atom stereocenters. The van der Waals surface area contributed by atoms with Crippen molar-refractivity contribution >= 4 is 23.5 Å². The Kier molecular flexibility index (Phi) is 8.66. The van der Waals surface area contributed by atoms with Gasteiger partial charge in [0.25, 0.3) is 5.91 Å². The first kappa shape index (κ1) is 28.2. The molecule has 0 saturated carbocycles. The number of hydrogen-bond donors (Lipinski definition) is 2. The minimum atomic E-state index is -6.12. The van der Waals surface area contributed by atoms with E-state index in [1.165, 1.54) is 32.2 Å². The number of nitrogens with zero attached hydrogens (tertiary/aromatic N) is 1. The Morgan fingerprint density at radius 1 is 1.00 bits per heavy atom. The summed E-state index contributed by atoms with van der Waals surface area (Å²) >= 11 is 0. The number of ketones is 1. The van der Waals surface area contributed by atoms with Crippen molar-refractivity contribution in [2.45, 2.75) is 70.8 Å². The fraction of sp³-hybridized carbons (Fsp3) is 0.636. The van der Waals surface area contributed by atoms with E-state index in [0.717, 1.165) is 4.90 Å². The molecule has 196 valence electrons. The Morgan fingerprint density at radius 2 is 1.60 bits per heavy atom. The van der Waals surface area contributed by atoms with Gasteiger partial charge in [0.2, 0.25) is 17.6 Å². The van der Waals surface area contributed by atoms with E-state index in [0.29, 0.717) is 6.42 Å². The number of furan rings is 1. The first-order valence-electron chi connectivity index (χ1n) is 11.0. The Bertz CT molecular complexity index is 930. The lowest BCUT2D eigenvalue weighted by Gasteiger charge is -2.32. The Morgan fingerprint density at radius 3 is 2.09 bits per heavy atom. The summed E-state index contributed by atoms with van der Waals surface area (Å²) in [6.07, 6.45) is -4.40. The summed E-state index contributed by atoms with van der Waals surface area (Å²) < 4.78 is 70.4. The topological polar surface area (TPSA) is 109 Å². The maximum absolute atomic E-state index is 13.7. The van der Waals surface area contributed by atoms with E-state index in [1.54, 1.807) is 13.8 Å². The van der Waals surface area contributed by atoms with Gasteiger partial charge in [-0.25, -0.2) is 0 Å². The number of amides is 3. The second kappa shape index (κ2) is 10.7. The van der Waals surface area contributed by atoms with Crippen molar-refractivity contribution in [2.24, 2.45) is 11.8 Å². The maximum atomic E-state index is 13.7. The van der Waals surface area contributed by atoms with Gasteiger partial charge >= 0.3 is 12.1 Å². The monoisotopic (exact) mass is 509 g/mol. The third kappa shape index (κ3) is 6.17. The predicted molar refractivity (Wildman–Crippen MR) is 112 cm³/mol. The van der Waals surface area contributed by atoms with Crippen LogP contribution in [0.4, 0.5) is 22.0 Å². The van der Waals surface area contributed by atoms with Crippen LogP contribution in [0.2, 0.25) is 0 Å². The van der Waals surface area contributed by atoms with Crippen LogP contribution in [-0.4, -0.2) is 65.2 Å². The van der Waals surface area contributed by atoms with Crippen molar-refractivity contribution in [3.05, 3.63) is 24.2 Å². The SMILES string of the molecule is CC(C)C(NC(=O)[C@@H]1CCCN1C(=O)[C@@H](NC(=O)c1ccco1)C(C)C)C(=O)C(F)(F)C(F)(F)F. The summed E-state index contributed by atoms with van der Waals surface area (Å²) in [7, 11) is 0. The molecule has 1 aromatic rings. The van der Waals surface area contributed by atoms with Crippen LogP contribution in [0.1, 0.15) is 51.1 Å². The Hall–Kier alpha value is -2.99. The fourth-order valence-electron chi connectivity index (χ4n) is 3.73. The molecule has 2 N–H and O–H groups in total. The van der Waals surface area contributed by atoms with Crippen molar-refractivity contribution in [1.29, 1.82) is 0 Å². The second-order valence-electron chi connectivity index (χ2n) is 9.03.